The molecule has 6 nitrogen and oxygen atoms in total. The summed E-state index contributed by atoms with van der Waals surface area (Å²) >= 11 is 0. The van der Waals surface area contributed by atoms with E-state index in [1.54, 1.807) is 12.0 Å². The molecule has 2 N–H and O–H groups in total. The normalized spacial score (nSPS) is 21.2. The predicted molar refractivity (Wildman–Crippen MR) is 149 cm³/mol. The number of piperidine rings is 2. The van der Waals surface area contributed by atoms with Gasteiger partial charge >= 0.3 is 0 Å². The van der Waals surface area contributed by atoms with Gasteiger partial charge in [-0.1, -0.05) is 0 Å². The lowest BCUT2D eigenvalue weighted by atomic mass is 9.85. The van der Waals surface area contributed by atoms with Gasteiger partial charge in [0, 0.05) is 54.3 Å². The van der Waals surface area contributed by atoms with E-state index in [1.165, 1.54) is 29.8 Å². The number of nitrogens with one attached hydrogen (secondary N) is 1. The zero-order valence-electron chi connectivity index (χ0n) is 22.6. The average molecular weight is 538 g/mol. The molecule has 2 fully saturated rings. The minimum Gasteiger partial charge on any atom is -0.497 e. The first-order valence-electron chi connectivity index (χ1n) is 13.8. The van der Waals surface area contributed by atoms with Crippen LogP contribution in [0.2, 0.25) is 0 Å². The molecule has 0 saturated carbocycles. The van der Waals surface area contributed by atoms with Crippen molar-refractivity contribution in [3.63, 3.8) is 0 Å². The zero-order chi connectivity index (χ0) is 27.5. The van der Waals surface area contributed by atoms with Crippen molar-refractivity contribution >= 4 is 22.9 Å². The number of aromatic nitrogens is 1. The fourth-order valence-electron chi connectivity index (χ4n) is 6.22. The Labute approximate surface area is 228 Å². The van der Waals surface area contributed by atoms with Gasteiger partial charge in [0.15, 0.2) is 0 Å². The highest BCUT2D eigenvalue weighted by Gasteiger charge is 2.32. The average Bonchev–Trinajstić information content (AvgIpc) is 3.25. The number of nitrogens with zero attached hydrogens (tertiary/aromatic N) is 2. The number of likely N-dealkylation sites (tertiary alicyclic amines) is 2. The Morgan fingerprint density at radius 3 is 2.54 bits per heavy atom. The van der Waals surface area contributed by atoms with Crippen LogP contribution in [0.5, 0.6) is 5.75 Å². The van der Waals surface area contributed by atoms with Gasteiger partial charge in [-0.25, -0.2) is 8.78 Å². The number of carbonyl (C=O) groups is 1. The van der Waals surface area contributed by atoms with Crippen molar-refractivity contribution in [3.05, 3.63) is 70.9 Å². The summed E-state index contributed by atoms with van der Waals surface area (Å²) in [4.78, 5) is 20.2. The quantitative estimate of drug-likeness (QED) is 0.404. The fraction of sp³-hybridized carbons (Fsp3) is 0.452. The number of ether oxygens (including phenoxy) is 1. The molecule has 2 aliphatic heterocycles. The summed E-state index contributed by atoms with van der Waals surface area (Å²) in [6.07, 6.45) is 6.24. The van der Waals surface area contributed by atoms with Crippen LogP contribution in [0.25, 0.3) is 17.0 Å². The summed E-state index contributed by atoms with van der Waals surface area (Å²) in [6.45, 7) is 5.98. The first-order valence-corrected chi connectivity index (χ1v) is 13.8. The molecule has 5 rings (SSSR count). The second kappa shape index (κ2) is 11.9. The van der Waals surface area contributed by atoms with Crippen molar-refractivity contribution in [2.45, 2.75) is 44.6 Å². The molecule has 2 atom stereocenters. The molecular weight excluding hydrogens is 500 g/mol. The van der Waals surface area contributed by atoms with Gasteiger partial charge in [-0.15, -0.1) is 0 Å². The number of rotatable bonds is 7. The number of H-pyrrole nitrogens is 1. The second-order valence-electron chi connectivity index (χ2n) is 10.9. The number of aromatic amines is 1. The minimum absolute atomic E-state index is 0.0910. The van der Waals surface area contributed by atoms with Crippen molar-refractivity contribution in [1.82, 2.24) is 14.8 Å². The largest absolute Gasteiger partial charge is 0.497 e. The van der Waals surface area contributed by atoms with Crippen LogP contribution < -0.4 is 4.74 Å². The maximum Gasteiger partial charge on any atom is 0.246 e. The third-order valence-electron chi connectivity index (χ3n) is 8.36. The number of amides is 1. The molecule has 1 aromatic heterocycles. The molecule has 0 aliphatic carbocycles. The molecular formula is C31H37F2N3O3. The molecule has 0 spiro atoms. The van der Waals surface area contributed by atoms with E-state index in [2.05, 4.69) is 22.9 Å². The number of β-amino-alcohol motifs (C(OH)–C–C–N with tert-alkyl or cyclic N) is 1. The SMILES string of the molecule is COc1ccc2[nH]c(C)c(C3CCN(CCC4CCN(C(=O)/C=C/c5cc(F)cc(F)c5)CC4)CC3O)c2c1. The standard InChI is InChI=1S/C31H37F2N3O3/c1-20-31(27-18-25(39-2)4-5-28(27)34-20)26-10-12-35(19-29(26)37)11-7-21-8-13-36(14-9-21)30(38)6-3-22-15-23(32)17-24(33)16-22/h3-6,15-18,21,26,29,34,37H,7-14,19H2,1-2H3/b6-3+. The molecule has 2 aromatic carbocycles. The molecule has 2 unspecified atom stereocenters. The zero-order valence-corrected chi connectivity index (χ0v) is 22.6. The fourth-order valence-corrected chi connectivity index (χ4v) is 6.22. The molecule has 3 aromatic rings. The van der Waals surface area contributed by atoms with E-state index >= 15 is 0 Å². The first kappa shape index (κ1) is 27.3. The van der Waals surface area contributed by atoms with Gasteiger partial charge in [0.1, 0.15) is 17.4 Å². The lowest BCUT2D eigenvalue weighted by molar-refractivity contribution is -0.127. The third-order valence-corrected chi connectivity index (χ3v) is 8.36. The highest BCUT2D eigenvalue weighted by Crippen LogP contribution is 2.37. The summed E-state index contributed by atoms with van der Waals surface area (Å²) in [5, 5.41) is 12.3. The Kier molecular flexibility index (Phi) is 8.33. The van der Waals surface area contributed by atoms with Crippen LogP contribution >= 0.6 is 0 Å². The first-order chi connectivity index (χ1) is 18.8. The lowest BCUT2D eigenvalue weighted by Gasteiger charge is -2.38. The van der Waals surface area contributed by atoms with Crippen molar-refractivity contribution in [3.8, 4) is 5.75 Å². The third kappa shape index (κ3) is 6.34. The van der Waals surface area contributed by atoms with Crippen LogP contribution in [-0.2, 0) is 4.79 Å². The molecule has 0 bridgehead atoms. The lowest BCUT2D eigenvalue weighted by Crippen LogP contribution is -2.44. The van der Waals surface area contributed by atoms with Gasteiger partial charge in [0.25, 0.3) is 0 Å². The van der Waals surface area contributed by atoms with E-state index in [0.717, 1.165) is 67.2 Å². The van der Waals surface area contributed by atoms with Gasteiger partial charge in [-0.2, -0.15) is 0 Å². The molecule has 208 valence electrons. The number of fused-ring (bicyclic) bond motifs is 1. The van der Waals surface area contributed by atoms with Gasteiger partial charge in [0.2, 0.25) is 5.91 Å². The number of aryl methyl sites for hydroxylation is 1. The van der Waals surface area contributed by atoms with Crippen LogP contribution in [-0.4, -0.2) is 71.7 Å². The molecule has 3 heterocycles. The maximum atomic E-state index is 13.4. The Bertz CT molecular complexity index is 1330. The van der Waals surface area contributed by atoms with E-state index in [0.29, 0.717) is 31.1 Å². The summed E-state index contributed by atoms with van der Waals surface area (Å²) in [6, 6.07) is 9.27. The number of aliphatic hydroxyl groups is 1. The molecule has 39 heavy (non-hydrogen) atoms. The van der Waals surface area contributed by atoms with Crippen LogP contribution in [0.15, 0.2) is 42.5 Å². The maximum absolute atomic E-state index is 13.4. The Morgan fingerprint density at radius 2 is 1.85 bits per heavy atom. The summed E-state index contributed by atoms with van der Waals surface area (Å²) < 4.78 is 32.2. The monoisotopic (exact) mass is 537 g/mol. The predicted octanol–water partition coefficient (Wildman–Crippen LogP) is 5.26. The smallest absolute Gasteiger partial charge is 0.246 e. The van der Waals surface area contributed by atoms with Gasteiger partial charge < -0.3 is 24.6 Å². The molecule has 0 radical (unpaired) electrons. The Morgan fingerprint density at radius 1 is 1.10 bits per heavy atom. The molecule has 8 heteroatoms. The minimum atomic E-state index is -0.659. The number of aliphatic hydroxyl groups excluding tert-OH is 1. The van der Waals surface area contributed by atoms with Gasteiger partial charge in [-0.3, -0.25) is 4.79 Å². The van der Waals surface area contributed by atoms with Crippen LogP contribution in [0.4, 0.5) is 8.78 Å². The molecule has 1 amide bonds. The van der Waals surface area contributed by atoms with Crippen LogP contribution in [0.1, 0.15) is 48.4 Å². The Balaban J connectivity index is 1.09. The Hall–Kier alpha value is -3.23. The van der Waals surface area contributed by atoms with Gasteiger partial charge in [0.05, 0.1) is 13.2 Å². The summed E-state index contributed by atoms with van der Waals surface area (Å²) in [5.41, 5.74) is 3.71. The van der Waals surface area contributed by atoms with Crippen molar-refractivity contribution < 1.29 is 23.4 Å². The number of benzene rings is 2. The highest BCUT2D eigenvalue weighted by molar-refractivity contribution is 5.91. The van der Waals surface area contributed by atoms with Crippen molar-refractivity contribution in [2.75, 3.05) is 39.8 Å². The van der Waals surface area contributed by atoms with E-state index in [4.69, 9.17) is 4.74 Å². The van der Waals surface area contributed by atoms with E-state index in [1.807, 2.05) is 12.1 Å². The van der Waals surface area contributed by atoms with Crippen molar-refractivity contribution in [1.29, 1.82) is 0 Å². The number of halogens is 2. The van der Waals surface area contributed by atoms with Crippen LogP contribution in [0.3, 0.4) is 0 Å². The molecule has 2 saturated heterocycles. The van der Waals surface area contributed by atoms with Crippen LogP contribution in [0, 0.1) is 24.5 Å². The number of hydrogen-bond acceptors (Lipinski definition) is 4. The van der Waals surface area contributed by atoms with E-state index in [-0.39, 0.29) is 11.8 Å². The van der Waals surface area contributed by atoms with Crippen molar-refractivity contribution in [2.24, 2.45) is 5.92 Å². The highest BCUT2D eigenvalue weighted by atomic mass is 19.1. The summed E-state index contributed by atoms with van der Waals surface area (Å²) in [7, 11) is 1.67. The summed E-state index contributed by atoms with van der Waals surface area (Å²) in [5.74, 6) is -0.00226. The van der Waals surface area contributed by atoms with E-state index in [9.17, 15) is 18.7 Å². The van der Waals surface area contributed by atoms with Gasteiger partial charge in [-0.05, 0) is 99.1 Å². The molecule has 2 aliphatic rings. The van der Waals surface area contributed by atoms with E-state index < -0.39 is 17.7 Å². The second-order valence-corrected chi connectivity index (χ2v) is 10.9. The topological polar surface area (TPSA) is 68.8 Å². The number of methoxy groups -OCH3 is 1. The number of carbonyl (C=O) groups excluding carboxylic acids is 1. The number of hydrogen-bond donors (Lipinski definition) is 2.